The third kappa shape index (κ3) is 3.58. The SMILES string of the molecule is CCN(Cc1nc2cc(Cl)ccc2c(=O)[nH]1)C(=O)c1ccc(C#N)cc1. The van der Waals surface area contributed by atoms with Crippen LogP contribution in [0.1, 0.15) is 28.7 Å². The minimum absolute atomic E-state index is 0.160. The van der Waals surface area contributed by atoms with E-state index in [0.29, 0.717) is 39.4 Å². The fraction of sp³-hybridized carbons (Fsp3) is 0.158. The number of rotatable bonds is 4. The number of hydrogen-bond donors (Lipinski definition) is 1. The predicted octanol–water partition coefficient (Wildman–Crippen LogP) is 3.11. The predicted molar refractivity (Wildman–Crippen MR) is 98.9 cm³/mol. The molecule has 0 fully saturated rings. The van der Waals surface area contributed by atoms with E-state index in [9.17, 15) is 9.59 Å². The molecule has 0 unspecified atom stereocenters. The average Bonchev–Trinajstić information content (AvgIpc) is 2.65. The van der Waals surface area contributed by atoms with Crippen LogP contribution in [0.2, 0.25) is 5.02 Å². The van der Waals surface area contributed by atoms with Crippen LogP contribution in [0, 0.1) is 11.3 Å². The van der Waals surface area contributed by atoms with Crippen molar-refractivity contribution in [3.8, 4) is 6.07 Å². The summed E-state index contributed by atoms with van der Waals surface area (Å²) in [6.07, 6.45) is 0. The van der Waals surface area contributed by atoms with E-state index in [4.69, 9.17) is 16.9 Å². The van der Waals surface area contributed by atoms with Gasteiger partial charge in [-0.3, -0.25) is 9.59 Å². The molecular weight excluding hydrogens is 352 g/mol. The molecule has 6 nitrogen and oxygen atoms in total. The van der Waals surface area contributed by atoms with Crippen LogP contribution in [0.15, 0.2) is 47.3 Å². The molecule has 26 heavy (non-hydrogen) atoms. The lowest BCUT2D eigenvalue weighted by Gasteiger charge is -2.20. The molecule has 0 radical (unpaired) electrons. The molecule has 0 aliphatic carbocycles. The Kier molecular flexibility index (Phi) is 5.01. The maximum Gasteiger partial charge on any atom is 0.258 e. The van der Waals surface area contributed by atoms with Crippen molar-refractivity contribution in [3.63, 3.8) is 0 Å². The van der Waals surface area contributed by atoms with Crippen molar-refractivity contribution in [2.75, 3.05) is 6.54 Å². The second-order valence-corrected chi connectivity index (χ2v) is 6.12. The van der Waals surface area contributed by atoms with Gasteiger partial charge in [0.05, 0.1) is 29.1 Å². The van der Waals surface area contributed by atoms with Gasteiger partial charge >= 0.3 is 0 Å². The molecule has 0 aliphatic heterocycles. The number of aromatic nitrogens is 2. The van der Waals surface area contributed by atoms with Gasteiger partial charge in [-0.15, -0.1) is 0 Å². The van der Waals surface area contributed by atoms with Gasteiger partial charge in [0.2, 0.25) is 0 Å². The van der Waals surface area contributed by atoms with E-state index in [-0.39, 0.29) is 18.0 Å². The summed E-state index contributed by atoms with van der Waals surface area (Å²) in [5.74, 6) is 0.180. The summed E-state index contributed by atoms with van der Waals surface area (Å²) in [4.78, 5) is 33.6. The van der Waals surface area contributed by atoms with Crippen molar-refractivity contribution in [1.29, 1.82) is 5.26 Å². The Morgan fingerprint density at radius 2 is 2.00 bits per heavy atom. The number of benzene rings is 2. The second kappa shape index (κ2) is 7.38. The normalized spacial score (nSPS) is 10.5. The molecule has 0 bridgehead atoms. The molecule has 1 heterocycles. The van der Waals surface area contributed by atoms with Gasteiger partial charge in [0.25, 0.3) is 11.5 Å². The average molecular weight is 367 g/mol. The molecule has 0 saturated carbocycles. The number of amides is 1. The minimum atomic E-state index is -0.274. The zero-order valence-corrected chi connectivity index (χ0v) is 14.7. The summed E-state index contributed by atoms with van der Waals surface area (Å²) in [6.45, 7) is 2.45. The Morgan fingerprint density at radius 3 is 2.65 bits per heavy atom. The Labute approximate surface area is 154 Å². The number of halogens is 1. The molecule has 0 saturated heterocycles. The summed E-state index contributed by atoms with van der Waals surface area (Å²) in [6, 6.07) is 13.3. The van der Waals surface area contributed by atoms with Crippen LogP contribution in [-0.2, 0) is 6.54 Å². The number of aromatic amines is 1. The summed E-state index contributed by atoms with van der Waals surface area (Å²) in [5, 5.41) is 9.79. The van der Waals surface area contributed by atoms with Crippen molar-refractivity contribution in [2.24, 2.45) is 0 Å². The molecule has 130 valence electrons. The molecule has 1 aromatic heterocycles. The molecular formula is C19H15ClN4O2. The summed E-state index contributed by atoms with van der Waals surface area (Å²) in [5.41, 5.74) is 1.17. The number of carbonyl (C=O) groups excluding carboxylic acids is 1. The van der Waals surface area contributed by atoms with Crippen LogP contribution >= 0.6 is 11.6 Å². The number of carbonyl (C=O) groups is 1. The molecule has 1 N–H and O–H groups in total. The van der Waals surface area contributed by atoms with Crippen LogP contribution in [0.25, 0.3) is 10.9 Å². The first-order valence-corrected chi connectivity index (χ1v) is 8.37. The van der Waals surface area contributed by atoms with E-state index < -0.39 is 0 Å². The monoisotopic (exact) mass is 366 g/mol. The highest BCUT2D eigenvalue weighted by molar-refractivity contribution is 6.31. The summed E-state index contributed by atoms with van der Waals surface area (Å²) < 4.78 is 0. The smallest absolute Gasteiger partial charge is 0.258 e. The first kappa shape index (κ1) is 17.6. The fourth-order valence-corrected chi connectivity index (χ4v) is 2.78. The van der Waals surface area contributed by atoms with E-state index in [2.05, 4.69) is 9.97 Å². The van der Waals surface area contributed by atoms with Crippen molar-refractivity contribution >= 4 is 28.4 Å². The lowest BCUT2D eigenvalue weighted by atomic mass is 10.1. The highest BCUT2D eigenvalue weighted by atomic mass is 35.5. The maximum absolute atomic E-state index is 12.7. The second-order valence-electron chi connectivity index (χ2n) is 5.68. The number of fused-ring (bicyclic) bond motifs is 1. The molecule has 0 atom stereocenters. The molecule has 3 aromatic rings. The van der Waals surface area contributed by atoms with Gasteiger partial charge in [-0.25, -0.2) is 4.98 Å². The van der Waals surface area contributed by atoms with Crippen LogP contribution in [-0.4, -0.2) is 27.3 Å². The van der Waals surface area contributed by atoms with E-state index >= 15 is 0 Å². The molecule has 0 spiro atoms. The molecule has 3 rings (SSSR count). The highest BCUT2D eigenvalue weighted by Crippen LogP contribution is 2.15. The first-order valence-electron chi connectivity index (χ1n) is 7.99. The Hall–Kier alpha value is -3.17. The van der Waals surface area contributed by atoms with Crippen LogP contribution < -0.4 is 5.56 Å². The quantitative estimate of drug-likeness (QED) is 0.768. The fourth-order valence-electron chi connectivity index (χ4n) is 2.61. The number of H-pyrrole nitrogens is 1. The zero-order chi connectivity index (χ0) is 18.7. The molecule has 0 aliphatic rings. The Balaban J connectivity index is 1.89. The van der Waals surface area contributed by atoms with E-state index in [0.717, 1.165) is 0 Å². The van der Waals surface area contributed by atoms with Gasteiger partial charge in [0, 0.05) is 17.1 Å². The summed E-state index contributed by atoms with van der Waals surface area (Å²) in [7, 11) is 0. The number of nitrogens with zero attached hydrogens (tertiary/aromatic N) is 3. The van der Waals surface area contributed by atoms with Gasteiger partial charge in [-0.2, -0.15) is 5.26 Å². The number of nitriles is 1. The van der Waals surface area contributed by atoms with Gasteiger partial charge in [0.1, 0.15) is 5.82 Å². The zero-order valence-electron chi connectivity index (χ0n) is 14.0. The Bertz CT molecular complexity index is 1070. The highest BCUT2D eigenvalue weighted by Gasteiger charge is 2.16. The van der Waals surface area contributed by atoms with Gasteiger partial charge in [-0.1, -0.05) is 11.6 Å². The number of hydrogen-bond acceptors (Lipinski definition) is 4. The van der Waals surface area contributed by atoms with E-state index in [1.807, 2.05) is 13.0 Å². The van der Waals surface area contributed by atoms with Crippen molar-refractivity contribution < 1.29 is 4.79 Å². The van der Waals surface area contributed by atoms with Crippen LogP contribution in [0.3, 0.4) is 0 Å². The first-order chi connectivity index (χ1) is 12.5. The van der Waals surface area contributed by atoms with Gasteiger partial charge < -0.3 is 9.88 Å². The van der Waals surface area contributed by atoms with E-state index in [1.54, 1.807) is 47.4 Å². The lowest BCUT2D eigenvalue weighted by Crippen LogP contribution is -2.32. The number of nitrogens with one attached hydrogen (secondary N) is 1. The molecule has 1 amide bonds. The third-order valence-electron chi connectivity index (χ3n) is 3.99. The molecule has 2 aromatic carbocycles. The maximum atomic E-state index is 12.7. The topological polar surface area (TPSA) is 89.8 Å². The van der Waals surface area contributed by atoms with Crippen molar-refractivity contribution in [3.05, 3.63) is 74.8 Å². The van der Waals surface area contributed by atoms with Crippen molar-refractivity contribution in [1.82, 2.24) is 14.9 Å². The van der Waals surface area contributed by atoms with Crippen LogP contribution in [0.4, 0.5) is 0 Å². The summed E-state index contributed by atoms with van der Waals surface area (Å²) >= 11 is 5.97. The van der Waals surface area contributed by atoms with E-state index in [1.165, 1.54) is 0 Å². The van der Waals surface area contributed by atoms with Gasteiger partial charge in [0.15, 0.2) is 0 Å². The van der Waals surface area contributed by atoms with Gasteiger partial charge in [-0.05, 0) is 49.4 Å². The molecule has 7 heteroatoms. The standard InChI is InChI=1S/C19H15ClN4O2/c1-2-24(19(26)13-5-3-12(10-21)4-6-13)11-17-22-16-9-14(20)7-8-15(16)18(25)23-17/h3-9H,2,11H2,1H3,(H,22,23,25). The minimum Gasteiger partial charge on any atom is -0.331 e. The largest absolute Gasteiger partial charge is 0.331 e. The van der Waals surface area contributed by atoms with Crippen LogP contribution in [0.5, 0.6) is 0 Å². The Morgan fingerprint density at radius 1 is 1.27 bits per heavy atom. The van der Waals surface area contributed by atoms with Crippen molar-refractivity contribution in [2.45, 2.75) is 13.5 Å². The third-order valence-corrected chi connectivity index (χ3v) is 4.22. The lowest BCUT2D eigenvalue weighted by molar-refractivity contribution is 0.0748.